The van der Waals surface area contributed by atoms with Gasteiger partial charge in [-0.25, -0.2) is 5.01 Å². The van der Waals surface area contributed by atoms with Gasteiger partial charge < -0.3 is 15.6 Å². The molecule has 0 saturated carbocycles. The largest absolute Gasteiger partial charge is 0.508 e. The lowest BCUT2D eigenvalue weighted by molar-refractivity contribution is -0.116. The normalized spacial score (nSPS) is 18.0. The maximum Gasteiger partial charge on any atom is 0.270 e. The summed E-state index contributed by atoms with van der Waals surface area (Å²) in [7, 11) is 0. The van der Waals surface area contributed by atoms with E-state index < -0.39 is 11.8 Å². The average Bonchev–Trinajstić information content (AvgIpc) is 2.82. The lowest BCUT2D eigenvalue weighted by Gasteiger charge is -2.39. The SMILES string of the molecule is CCOc1ccc(C2C(C#N)=C(N)N(NC(=O)c3ccc(O)cc3)C3=C2C(=O)CCC3)cc1. The van der Waals surface area contributed by atoms with Gasteiger partial charge in [0.25, 0.3) is 5.91 Å². The van der Waals surface area contributed by atoms with Crippen molar-refractivity contribution in [3.05, 3.63) is 82.3 Å². The highest BCUT2D eigenvalue weighted by atomic mass is 16.5. The lowest BCUT2D eigenvalue weighted by atomic mass is 9.76. The Morgan fingerprint density at radius 1 is 1.21 bits per heavy atom. The molecule has 33 heavy (non-hydrogen) atoms. The molecule has 0 saturated heterocycles. The Labute approximate surface area is 191 Å². The number of ketones is 1. The third-order valence-corrected chi connectivity index (χ3v) is 5.78. The van der Waals surface area contributed by atoms with E-state index in [1.165, 1.54) is 29.3 Å². The van der Waals surface area contributed by atoms with Gasteiger partial charge in [-0.3, -0.25) is 15.0 Å². The van der Waals surface area contributed by atoms with Crippen molar-refractivity contribution in [3.8, 4) is 17.6 Å². The zero-order valence-electron chi connectivity index (χ0n) is 18.2. The quantitative estimate of drug-likeness (QED) is 0.646. The first-order valence-electron chi connectivity index (χ1n) is 10.7. The van der Waals surface area contributed by atoms with Crippen LogP contribution in [-0.4, -0.2) is 28.4 Å². The highest BCUT2D eigenvalue weighted by Gasteiger charge is 2.40. The van der Waals surface area contributed by atoms with Crippen LogP contribution in [0, 0.1) is 11.3 Å². The molecule has 2 aliphatic rings. The number of nitrogens with two attached hydrogens (primary N) is 1. The number of hydrazine groups is 1. The van der Waals surface area contributed by atoms with Crippen LogP contribution in [0.3, 0.4) is 0 Å². The maximum absolute atomic E-state index is 13.1. The van der Waals surface area contributed by atoms with E-state index in [2.05, 4.69) is 11.5 Å². The van der Waals surface area contributed by atoms with Crippen molar-refractivity contribution in [2.24, 2.45) is 5.73 Å². The van der Waals surface area contributed by atoms with E-state index in [-0.39, 0.29) is 22.9 Å². The molecule has 0 spiro atoms. The number of allylic oxidation sites excluding steroid dienone is 3. The van der Waals surface area contributed by atoms with Crippen LogP contribution in [0.25, 0.3) is 0 Å². The van der Waals surface area contributed by atoms with Crippen molar-refractivity contribution < 1.29 is 19.4 Å². The van der Waals surface area contributed by atoms with Crippen molar-refractivity contribution in [1.82, 2.24) is 10.4 Å². The second-order valence-corrected chi connectivity index (χ2v) is 7.81. The number of phenolic OH excluding ortho intramolecular Hbond substituents is 1. The van der Waals surface area contributed by atoms with Crippen LogP contribution in [0.4, 0.5) is 0 Å². The molecule has 1 heterocycles. The first kappa shape index (κ1) is 22.0. The predicted molar refractivity (Wildman–Crippen MR) is 120 cm³/mol. The van der Waals surface area contributed by atoms with E-state index in [0.29, 0.717) is 48.5 Å². The summed E-state index contributed by atoms with van der Waals surface area (Å²) in [5, 5.41) is 20.8. The van der Waals surface area contributed by atoms with Crippen molar-refractivity contribution >= 4 is 11.7 Å². The Balaban J connectivity index is 1.76. The lowest BCUT2D eigenvalue weighted by Crippen LogP contribution is -2.48. The molecule has 0 radical (unpaired) electrons. The number of hydrogen-bond acceptors (Lipinski definition) is 7. The zero-order valence-corrected chi connectivity index (χ0v) is 18.2. The highest BCUT2D eigenvalue weighted by Crippen LogP contribution is 2.44. The fraction of sp³-hybridized carbons (Fsp3) is 0.240. The third kappa shape index (κ3) is 4.13. The van der Waals surface area contributed by atoms with Crippen molar-refractivity contribution in [2.75, 3.05) is 6.61 Å². The Morgan fingerprint density at radius 3 is 2.55 bits per heavy atom. The molecule has 8 nitrogen and oxygen atoms in total. The molecule has 2 aromatic carbocycles. The van der Waals surface area contributed by atoms with Crippen LogP contribution in [-0.2, 0) is 4.79 Å². The number of nitriles is 1. The van der Waals surface area contributed by atoms with E-state index >= 15 is 0 Å². The number of phenols is 1. The smallest absolute Gasteiger partial charge is 0.270 e. The molecule has 1 atom stereocenters. The fourth-order valence-electron chi connectivity index (χ4n) is 4.25. The van der Waals surface area contributed by atoms with E-state index in [4.69, 9.17) is 10.5 Å². The monoisotopic (exact) mass is 444 g/mol. The van der Waals surface area contributed by atoms with Crippen molar-refractivity contribution in [3.63, 3.8) is 0 Å². The minimum atomic E-state index is -0.615. The molecule has 1 amide bonds. The fourth-order valence-corrected chi connectivity index (χ4v) is 4.25. The van der Waals surface area contributed by atoms with Gasteiger partial charge >= 0.3 is 0 Å². The maximum atomic E-state index is 13.1. The number of Topliss-reactive ketones (excluding diaryl/α,β-unsaturated/α-hetero) is 1. The van der Waals surface area contributed by atoms with E-state index in [1.807, 2.05) is 19.1 Å². The number of aromatic hydroxyl groups is 1. The number of ether oxygens (including phenoxy) is 1. The molecular formula is C25H24N4O4. The van der Waals surface area contributed by atoms with Crippen LogP contribution in [0.15, 0.2) is 71.2 Å². The summed E-state index contributed by atoms with van der Waals surface area (Å²) in [6, 6.07) is 15.2. The summed E-state index contributed by atoms with van der Waals surface area (Å²) in [5.41, 5.74) is 11.5. The molecule has 2 aromatic rings. The van der Waals surface area contributed by atoms with E-state index in [9.17, 15) is 20.0 Å². The number of benzene rings is 2. The number of nitrogens with zero attached hydrogens (tertiary/aromatic N) is 2. The highest BCUT2D eigenvalue weighted by molar-refractivity contribution is 6.00. The van der Waals surface area contributed by atoms with Gasteiger partial charge in [0.15, 0.2) is 5.78 Å². The number of carbonyl (C=O) groups excluding carboxylic acids is 2. The summed E-state index contributed by atoms with van der Waals surface area (Å²) in [6.07, 6.45) is 1.52. The molecule has 0 aromatic heterocycles. The van der Waals surface area contributed by atoms with Crippen LogP contribution in [0.5, 0.6) is 11.5 Å². The number of carbonyl (C=O) groups is 2. The average molecular weight is 444 g/mol. The van der Waals surface area contributed by atoms with Gasteiger partial charge in [0.1, 0.15) is 17.3 Å². The number of amides is 1. The molecule has 1 aliphatic heterocycles. The standard InChI is InChI=1S/C25H24N4O4/c1-2-33-18-12-8-15(9-13-18)22-19(14-26)24(27)29(20-4-3-5-21(31)23(20)22)28-25(32)16-6-10-17(30)11-7-16/h6-13,22,30H,2-5,27H2,1H3,(H,28,32). The van der Waals surface area contributed by atoms with E-state index in [0.717, 1.165) is 5.56 Å². The zero-order chi connectivity index (χ0) is 23.5. The first-order chi connectivity index (χ1) is 15.9. The van der Waals surface area contributed by atoms with Crippen molar-refractivity contribution in [2.45, 2.75) is 32.1 Å². The second kappa shape index (κ2) is 9.09. The van der Waals surface area contributed by atoms with Crippen LogP contribution >= 0.6 is 0 Å². The van der Waals surface area contributed by atoms with Gasteiger partial charge in [-0.15, -0.1) is 0 Å². The van der Waals surface area contributed by atoms with Gasteiger partial charge in [0, 0.05) is 23.3 Å². The predicted octanol–water partition coefficient (Wildman–Crippen LogP) is 3.24. The van der Waals surface area contributed by atoms with Crippen LogP contribution < -0.4 is 15.9 Å². The first-order valence-corrected chi connectivity index (χ1v) is 10.7. The molecule has 4 rings (SSSR count). The number of nitrogens with one attached hydrogen (secondary N) is 1. The third-order valence-electron chi connectivity index (χ3n) is 5.78. The number of rotatable bonds is 5. The summed E-state index contributed by atoms with van der Waals surface area (Å²) in [6.45, 7) is 2.42. The summed E-state index contributed by atoms with van der Waals surface area (Å²) in [4.78, 5) is 25.9. The number of hydrogen-bond donors (Lipinski definition) is 3. The Kier molecular flexibility index (Phi) is 6.05. The molecule has 1 unspecified atom stereocenters. The molecule has 0 bridgehead atoms. The molecular weight excluding hydrogens is 420 g/mol. The second-order valence-electron chi connectivity index (χ2n) is 7.81. The summed E-state index contributed by atoms with van der Waals surface area (Å²) < 4.78 is 5.51. The topological polar surface area (TPSA) is 129 Å². The van der Waals surface area contributed by atoms with Crippen molar-refractivity contribution in [1.29, 1.82) is 5.26 Å². The van der Waals surface area contributed by atoms with Crippen LogP contribution in [0.2, 0.25) is 0 Å². The van der Waals surface area contributed by atoms with Gasteiger partial charge in [-0.2, -0.15) is 5.26 Å². The summed E-state index contributed by atoms with van der Waals surface area (Å²) in [5.74, 6) is -0.345. The van der Waals surface area contributed by atoms with Gasteiger partial charge in [0.05, 0.1) is 24.2 Å². The summed E-state index contributed by atoms with van der Waals surface area (Å²) >= 11 is 0. The van der Waals surface area contributed by atoms with E-state index in [1.54, 1.807) is 12.1 Å². The molecule has 0 fully saturated rings. The molecule has 1 aliphatic carbocycles. The molecule has 4 N–H and O–H groups in total. The Bertz CT molecular complexity index is 1190. The molecule has 168 valence electrons. The Morgan fingerprint density at radius 2 is 1.91 bits per heavy atom. The molecule has 8 heteroatoms. The minimum absolute atomic E-state index is 0.0387. The van der Waals surface area contributed by atoms with Gasteiger partial charge in [0.2, 0.25) is 0 Å². The van der Waals surface area contributed by atoms with Gasteiger partial charge in [-0.05, 0) is 61.7 Å². The van der Waals surface area contributed by atoms with Gasteiger partial charge in [-0.1, -0.05) is 12.1 Å². The Hall–Kier alpha value is -4.25. The minimum Gasteiger partial charge on any atom is -0.508 e. The van der Waals surface area contributed by atoms with Crippen LogP contribution in [0.1, 0.15) is 48.0 Å².